The highest BCUT2D eigenvalue weighted by atomic mass is 16.2. The molecule has 0 unspecified atom stereocenters. The highest BCUT2D eigenvalue weighted by molar-refractivity contribution is 5.94. The van der Waals surface area contributed by atoms with E-state index in [1.165, 1.54) is 0 Å². The maximum Gasteiger partial charge on any atom is 0.227 e. The Labute approximate surface area is 247 Å². The van der Waals surface area contributed by atoms with Crippen LogP contribution in [0.3, 0.4) is 0 Å². The molecule has 2 aliphatic heterocycles. The monoisotopic (exact) mass is 562 g/mol. The van der Waals surface area contributed by atoms with Crippen molar-refractivity contribution in [3.8, 4) is 0 Å². The Bertz CT molecular complexity index is 1150. The van der Waals surface area contributed by atoms with Crippen LogP contribution in [0, 0.1) is 31.6 Å². The Hall–Kier alpha value is -3.00. The standard InChI is InChI=1S/C33H50N6O2/c1-24(2)20-31(40)39-15-9-14-36(22-25(3)4)18-19-38(23-29-10-7-8-11-30(29)39)32(41)28-12-16-37(17-13-28)33-34-26(5)21-27(6)35-33/h7-8,10-11,21,24-25,28H,9,12-20,22-23H2,1-6H3. The number of anilines is 2. The summed E-state index contributed by atoms with van der Waals surface area (Å²) < 4.78 is 0. The average molecular weight is 563 g/mol. The largest absolute Gasteiger partial charge is 0.341 e. The van der Waals surface area contributed by atoms with E-state index in [9.17, 15) is 9.59 Å². The summed E-state index contributed by atoms with van der Waals surface area (Å²) in [6, 6.07) is 10.2. The maximum absolute atomic E-state index is 14.1. The fourth-order valence-corrected chi connectivity index (χ4v) is 6.18. The van der Waals surface area contributed by atoms with E-state index in [0.29, 0.717) is 37.9 Å². The lowest BCUT2D eigenvalue weighted by atomic mass is 9.95. The minimum absolute atomic E-state index is 0.0216. The van der Waals surface area contributed by atoms with Gasteiger partial charge in [0.1, 0.15) is 0 Å². The first kappa shape index (κ1) is 30.9. The molecule has 1 aromatic carbocycles. The molecule has 1 aromatic heterocycles. The first-order valence-electron chi connectivity index (χ1n) is 15.6. The van der Waals surface area contributed by atoms with Crippen LogP contribution in [0.2, 0.25) is 0 Å². The fraction of sp³-hybridized carbons (Fsp3) is 0.636. The summed E-state index contributed by atoms with van der Waals surface area (Å²) in [5, 5.41) is 0. The molecule has 0 atom stereocenters. The molecule has 224 valence electrons. The Balaban J connectivity index is 1.56. The van der Waals surface area contributed by atoms with Crippen molar-refractivity contribution in [2.45, 2.75) is 73.8 Å². The highest BCUT2D eigenvalue weighted by Gasteiger charge is 2.31. The molecule has 0 radical (unpaired) electrons. The van der Waals surface area contributed by atoms with Crippen LogP contribution in [0.15, 0.2) is 30.3 Å². The second-order valence-corrected chi connectivity index (χ2v) is 12.8. The molecule has 1 saturated heterocycles. The number of nitrogens with zero attached hydrogens (tertiary/aromatic N) is 6. The van der Waals surface area contributed by atoms with Crippen LogP contribution in [-0.4, -0.2) is 77.4 Å². The minimum Gasteiger partial charge on any atom is -0.341 e. The molecule has 2 amide bonds. The number of carbonyl (C=O) groups excluding carboxylic acids is 2. The van der Waals surface area contributed by atoms with Gasteiger partial charge in [-0.1, -0.05) is 45.9 Å². The Morgan fingerprint density at radius 2 is 1.56 bits per heavy atom. The van der Waals surface area contributed by atoms with Gasteiger partial charge in [0.25, 0.3) is 0 Å². The van der Waals surface area contributed by atoms with Crippen LogP contribution >= 0.6 is 0 Å². The summed E-state index contributed by atoms with van der Waals surface area (Å²) in [4.78, 5) is 45.6. The topological polar surface area (TPSA) is 72.9 Å². The number of rotatable bonds is 6. The number of piperidine rings is 1. The van der Waals surface area contributed by atoms with E-state index in [1.807, 2.05) is 36.9 Å². The lowest BCUT2D eigenvalue weighted by Crippen LogP contribution is -2.45. The molecule has 4 rings (SSSR count). The second kappa shape index (κ2) is 14.3. The predicted octanol–water partition coefficient (Wildman–Crippen LogP) is 5.08. The van der Waals surface area contributed by atoms with Gasteiger partial charge >= 0.3 is 0 Å². The Morgan fingerprint density at radius 1 is 0.878 bits per heavy atom. The Morgan fingerprint density at radius 3 is 2.22 bits per heavy atom. The van der Waals surface area contributed by atoms with Crippen molar-refractivity contribution in [3.05, 3.63) is 47.3 Å². The third-order valence-corrected chi connectivity index (χ3v) is 8.10. The molecule has 8 nitrogen and oxygen atoms in total. The first-order chi connectivity index (χ1) is 19.6. The van der Waals surface area contributed by atoms with Crippen LogP contribution in [0.4, 0.5) is 11.6 Å². The lowest BCUT2D eigenvalue weighted by Gasteiger charge is -2.35. The number of benzene rings is 1. The molecular weight excluding hydrogens is 512 g/mol. The van der Waals surface area contributed by atoms with E-state index in [2.05, 4.69) is 64.5 Å². The van der Waals surface area contributed by atoms with Gasteiger partial charge in [-0.25, -0.2) is 9.97 Å². The number of para-hydroxylation sites is 1. The van der Waals surface area contributed by atoms with Crippen molar-refractivity contribution < 1.29 is 9.59 Å². The van der Waals surface area contributed by atoms with Crippen molar-refractivity contribution in [1.82, 2.24) is 19.8 Å². The number of aryl methyl sites for hydroxylation is 2. The van der Waals surface area contributed by atoms with E-state index in [-0.39, 0.29) is 17.7 Å². The number of aromatic nitrogens is 2. The molecule has 2 aliphatic rings. The first-order valence-corrected chi connectivity index (χ1v) is 15.6. The zero-order chi connectivity index (χ0) is 29.5. The SMILES string of the molecule is Cc1cc(C)nc(N2CCC(C(=O)N3CCN(CC(C)C)CCCN(C(=O)CC(C)C)c4ccccc4C3)CC2)n1. The van der Waals surface area contributed by atoms with Crippen LogP contribution in [-0.2, 0) is 16.1 Å². The summed E-state index contributed by atoms with van der Waals surface area (Å²) >= 11 is 0. The quantitative estimate of drug-likeness (QED) is 0.489. The Kier molecular flexibility index (Phi) is 10.8. The lowest BCUT2D eigenvalue weighted by molar-refractivity contribution is -0.137. The molecule has 3 heterocycles. The summed E-state index contributed by atoms with van der Waals surface area (Å²) in [7, 11) is 0. The number of carbonyl (C=O) groups is 2. The zero-order valence-electron chi connectivity index (χ0n) is 26.1. The van der Waals surface area contributed by atoms with Crippen LogP contribution in [0.5, 0.6) is 0 Å². The van der Waals surface area contributed by atoms with E-state index in [1.54, 1.807) is 0 Å². The van der Waals surface area contributed by atoms with Gasteiger partial charge in [0.2, 0.25) is 17.8 Å². The molecular formula is C33H50N6O2. The normalized spacial score (nSPS) is 18.0. The molecule has 41 heavy (non-hydrogen) atoms. The van der Waals surface area contributed by atoms with Crippen molar-refractivity contribution in [2.24, 2.45) is 17.8 Å². The number of hydrogen-bond donors (Lipinski definition) is 0. The van der Waals surface area contributed by atoms with Gasteiger partial charge in [0, 0.05) is 75.2 Å². The smallest absolute Gasteiger partial charge is 0.227 e. The van der Waals surface area contributed by atoms with Crippen molar-refractivity contribution in [2.75, 3.05) is 55.6 Å². The summed E-state index contributed by atoms with van der Waals surface area (Å²) in [6.45, 7) is 18.9. The van der Waals surface area contributed by atoms with E-state index in [4.69, 9.17) is 0 Å². The third kappa shape index (κ3) is 8.51. The highest BCUT2D eigenvalue weighted by Crippen LogP contribution is 2.28. The summed E-state index contributed by atoms with van der Waals surface area (Å²) in [5.41, 5.74) is 3.95. The van der Waals surface area contributed by atoms with E-state index >= 15 is 0 Å². The minimum atomic E-state index is -0.0216. The van der Waals surface area contributed by atoms with Crippen LogP contribution < -0.4 is 9.80 Å². The number of amides is 2. The van der Waals surface area contributed by atoms with Gasteiger partial charge in [-0.2, -0.15) is 0 Å². The number of hydrogen-bond acceptors (Lipinski definition) is 6. The predicted molar refractivity (Wildman–Crippen MR) is 166 cm³/mol. The zero-order valence-corrected chi connectivity index (χ0v) is 26.1. The van der Waals surface area contributed by atoms with Gasteiger partial charge in [0.05, 0.1) is 0 Å². The average Bonchev–Trinajstić information content (AvgIpc) is 2.95. The van der Waals surface area contributed by atoms with Crippen molar-refractivity contribution in [3.63, 3.8) is 0 Å². The number of fused-ring (bicyclic) bond motifs is 1. The molecule has 0 spiro atoms. The van der Waals surface area contributed by atoms with Crippen LogP contribution in [0.1, 0.15) is 70.3 Å². The van der Waals surface area contributed by atoms with E-state index < -0.39 is 0 Å². The van der Waals surface area contributed by atoms with Gasteiger partial charge in [0.15, 0.2) is 0 Å². The van der Waals surface area contributed by atoms with Gasteiger partial charge in [-0.3, -0.25) is 9.59 Å². The molecule has 0 bridgehead atoms. The second-order valence-electron chi connectivity index (χ2n) is 12.8. The van der Waals surface area contributed by atoms with Gasteiger partial charge in [-0.05, 0) is 69.2 Å². The van der Waals surface area contributed by atoms with E-state index in [0.717, 1.165) is 80.6 Å². The fourth-order valence-electron chi connectivity index (χ4n) is 6.18. The van der Waals surface area contributed by atoms with Gasteiger partial charge in [-0.15, -0.1) is 0 Å². The van der Waals surface area contributed by atoms with Crippen molar-refractivity contribution in [1.29, 1.82) is 0 Å². The molecule has 1 fully saturated rings. The molecule has 0 saturated carbocycles. The molecule has 0 aliphatic carbocycles. The van der Waals surface area contributed by atoms with Gasteiger partial charge < -0.3 is 19.6 Å². The summed E-state index contributed by atoms with van der Waals surface area (Å²) in [5.74, 6) is 1.98. The summed E-state index contributed by atoms with van der Waals surface area (Å²) in [6.07, 6.45) is 3.03. The third-order valence-electron chi connectivity index (χ3n) is 8.10. The molecule has 8 heteroatoms. The van der Waals surface area contributed by atoms with Crippen molar-refractivity contribution >= 4 is 23.5 Å². The maximum atomic E-state index is 14.1. The van der Waals surface area contributed by atoms with Crippen LogP contribution in [0.25, 0.3) is 0 Å². The molecule has 2 aromatic rings. The molecule has 0 N–H and O–H groups in total.